The molecular weight excluding hydrogens is 451 g/mol. The topological polar surface area (TPSA) is 100 Å². The summed E-state index contributed by atoms with van der Waals surface area (Å²) < 4.78 is 41.0. The van der Waals surface area contributed by atoms with Crippen LogP contribution in [0.5, 0.6) is 0 Å². The van der Waals surface area contributed by atoms with Crippen LogP contribution in [0.3, 0.4) is 0 Å². The number of carbonyl (C=O) groups excluding carboxylic acids is 1. The number of amides is 1. The standard InChI is InChI=1S/C23H22F3N5O3/c1-13(16-6-7-18(22(33)34)27-11-16)28-20(32)19-14(2)29-31-9-8-30(21(19)31)12-15-4-3-5-17(10-15)23(24,25)26/h3-7,10-11,13H,8-9,12H2,1-2H3,(H,28,32)(H,33,34)/t13-/m0/s1. The van der Waals surface area contributed by atoms with Crippen molar-refractivity contribution in [3.8, 4) is 0 Å². The van der Waals surface area contributed by atoms with Crippen LogP contribution in [0.15, 0.2) is 42.6 Å². The Morgan fingerprint density at radius 1 is 1.21 bits per heavy atom. The number of aromatic carboxylic acids is 1. The molecule has 34 heavy (non-hydrogen) atoms. The fourth-order valence-electron chi connectivity index (χ4n) is 3.99. The first-order chi connectivity index (χ1) is 16.0. The summed E-state index contributed by atoms with van der Waals surface area (Å²) in [5, 5.41) is 16.3. The number of fused-ring (bicyclic) bond motifs is 1. The number of aromatic nitrogens is 3. The molecule has 1 amide bonds. The van der Waals surface area contributed by atoms with E-state index in [1.807, 2.05) is 4.90 Å². The quantitative estimate of drug-likeness (QED) is 0.565. The van der Waals surface area contributed by atoms with Crippen LogP contribution in [-0.4, -0.2) is 38.3 Å². The highest BCUT2D eigenvalue weighted by Gasteiger charge is 2.33. The molecule has 2 N–H and O–H groups in total. The average Bonchev–Trinajstić information content (AvgIpc) is 3.31. The maximum Gasteiger partial charge on any atom is 0.416 e. The van der Waals surface area contributed by atoms with Crippen molar-refractivity contribution in [2.45, 2.75) is 39.2 Å². The van der Waals surface area contributed by atoms with E-state index in [2.05, 4.69) is 15.4 Å². The zero-order valence-electron chi connectivity index (χ0n) is 18.4. The lowest BCUT2D eigenvalue weighted by Gasteiger charge is -2.21. The second kappa shape index (κ2) is 8.81. The van der Waals surface area contributed by atoms with Crippen molar-refractivity contribution in [2.24, 2.45) is 0 Å². The van der Waals surface area contributed by atoms with Gasteiger partial charge in [-0.1, -0.05) is 18.2 Å². The molecule has 178 valence electrons. The molecule has 8 nitrogen and oxygen atoms in total. The summed E-state index contributed by atoms with van der Waals surface area (Å²) in [6.07, 6.45) is -3.04. The molecule has 1 aromatic carbocycles. The van der Waals surface area contributed by atoms with Crippen molar-refractivity contribution >= 4 is 17.7 Å². The van der Waals surface area contributed by atoms with E-state index in [4.69, 9.17) is 5.11 Å². The highest BCUT2D eigenvalue weighted by atomic mass is 19.4. The predicted octanol–water partition coefficient (Wildman–Crippen LogP) is 3.81. The minimum atomic E-state index is -4.43. The molecule has 0 bridgehead atoms. The van der Waals surface area contributed by atoms with Crippen molar-refractivity contribution in [1.29, 1.82) is 0 Å². The summed E-state index contributed by atoms with van der Waals surface area (Å²) in [5.74, 6) is -0.973. The third-order valence-corrected chi connectivity index (χ3v) is 5.69. The number of nitrogens with one attached hydrogen (secondary N) is 1. The summed E-state index contributed by atoms with van der Waals surface area (Å²) in [7, 11) is 0. The lowest BCUT2D eigenvalue weighted by molar-refractivity contribution is -0.137. The Hall–Kier alpha value is -3.89. The first-order valence-electron chi connectivity index (χ1n) is 10.5. The Balaban J connectivity index is 1.55. The van der Waals surface area contributed by atoms with E-state index in [1.54, 1.807) is 30.7 Å². The molecule has 0 aliphatic carbocycles. The Bertz CT molecular complexity index is 1240. The first-order valence-corrected chi connectivity index (χ1v) is 10.5. The van der Waals surface area contributed by atoms with E-state index >= 15 is 0 Å². The maximum absolute atomic E-state index is 13.2. The van der Waals surface area contributed by atoms with E-state index in [1.165, 1.54) is 18.3 Å². The van der Waals surface area contributed by atoms with Gasteiger partial charge < -0.3 is 15.3 Å². The molecule has 1 atom stereocenters. The minimum Gasteiger partial charge on any atom is -0.477 e. The van der Waals surface area contributed by atoms with Gasteiger partial charge in [-0.25, -0.2) is 14.5 Å². The fraction of sp³-hybridized carbons (Fsp3) is 0.304. The molecule has 0 radical (unpaired) electrons. The molecule has 1 aliphatic heterocycles. The molecule has 0 fully saturated rings. The third-order valence-electron chi connectivity index (χ3n) is 5.69. The van der Waals surface area contributed by atoms with Crippen molar-refractivity contribution < 1.29 is 27.9 Å². The van der Waals surface area contributed by atoms with Gasteiger partial charge in [0.15, 0.2) is 0 Å². The number of nitrogens with zero attached hydrogens (tertiary/aromatic N) is 4. The number of carboxylic acids is 1. The summed E-state index contributed by atoms with van der Waals surface area (Å²) in [5.41, 5.74) is 1.15. The zero-order chi connectivity index (χ0) is 24.6. The van der Waals surface area contributed by atoms with Crippen LogP contribution < -0.4 is 10.2 Å². The molecule has 0 saturated heterocycles. The molecular formula is C23H22F3N5O3. The molecule has 4 rings (SSSR count). The molecule has 0 unspecified atom stereocenters. The van der Waals surface area contributed by atoms with Gasteiger partial charge in [-0.05, 0) is 43.2 Å². The van der Waals surface area contributed by atoms with Crippen molar-refractivity contribution in [2.75, 3.05) is 11.4 Å². The number of aryl methyl sites for hydroxylation is 1. The van der Waals surface area contributed by atoms with E-state index in [0.29, 0.717) is 41.3 Å². The lowest BCUT2D eigenvalue weighted by atomic mass is 10.1. The largest absolute Gasteiger partial charge is 0.477 e. The van der Waals surface area contributed by atoms with Crippen LogP contribution in [0.2, 0.25) is 0 Å². The second-order valence-electron chi connectivity index (χ2n) is 8.10. The summed E-state index contributed by atoms with van der Waals surface area (Å²) in [4.78, 5) is 29.9. The van der Waals surface area contributed by atoms with Crippen LogP contribution in [-0.2, 0) is 19.3 Å². The molecule has 3 aromatic rings. The minimum absolute atomic E-state index is 0.0993. The predicted molar refractivity (Wildman–Crippen MR) is 117 cm³/mol. The first kappa shape index (κ1) is 23.3. The Morgan fingerprint density at radius 3 is 2.62 bits per heavy atom. The van der Waals surface area contributed by atoms with Crippen LogP contribution in [0.1, 0.15) is 56.2 Å². The highest BCUT2D eigenvalue weighted by molar-refractivity contribution is 6.00. The van der Waals surface area contributed by atoms with Gasteiger partial charge in [-0.15, -0.1) is 0 Å². The van der Waals surface area contributed by atoms with E-state index in [9.17, 15) is 22.8 Å². The van der Waals surface area contributed by atoms with Crippen molar-refractivity contribution in [3.63, 3.8) is 0 Å². The smallest absolute Gasteiger partial charge is 0.416 e. The number of alkyl halides is 3. The van der Waals surface area contributed by atoms with Crippen molar-refractivity contribution in [3.05, 3.63) is 76.2 Å². The molecule has 2 aromatic heterocycles. The van der Waals surface area contributed by atoms with E-state index in [-0.39, 0.29) is 18.1 Å². The number of pyridine rings is 1. The van der Waals surface area contributed by atoms with Crippen molar-refractivity contribution in [1.82, 2.24) is 20.1 Å². The van der Waals surface area contributed by atoms with Gasteiger partial charge in [0.25, 0.3) is 5.91 Å². The number of rotatable bonds is 6. The summed E-state index contributed by atoms with van der Waals surface area (Å²) >= 11 is 0. The number of carboxylic acid groups (broad SMARTS) is 1. The summed E-state index contributed by atoms with van der Waals surface area (Å²) in [6.45, 7) is 4.67. The number of hydrogen-bond donors (Lipinski definition) is 2. The Morgan fingerprint density at radius 2 is 1.97 bits per heavy atom. The molecule has 0 saturated carbocycles. The number of halogens is 3. The Labute approximate surface area is 193 Å². The van der Waals surface area contributed by atoms with Gasteiger partial charge in [-0.3, -0.25) is 4.79 Å². The molecule has 0 spiro atoms. The van der Waals surface area contributed by atoms with Gasteiger partial charge in [0, 0.05) is 19.3 Å². The van der Waals surface area contributed by atoms with Gasteiger partial charge in [0.05, 0.1) is 23.8 Å². The number of benzene rings is 1. The van der Waals surface area contributed by atoms with Gasteiger partial charge in [-0.2, -0.15) is 18.3 Å². The number of anilines is 1. The maximum atomic E-state index is 13.2. The number of hydrogen-bond acceptors (Lipinski definition) is 5. The summed E-state index contributed by atoms with van der Waals surface area (Å²) in [6, 6.07) is 7.61. The SMILES string of the molecule is Cc1nn2c(c1C(=O)N[C@@H](C)c1ccc(C(=O)O)nc1)N(Cc1cccc(C(F)(F)F)c1)CC2. The Kier molecular flexibility index (Phi) is 6.03. The third kappa shape index (κ3) is 4.59. The molecule has 1 aliphatic rings. The van der Waals surface area contributed by atoms with Gasteiger partial charge in [0.2, 0.25) is 0 Å². The van der Waals surface area contributed by atoms with Gasteiger partial charge >= 0.3 is 12.1 Å². The fourth-order valence-corrected chi connectivity index (χ4v) is 3.99. The average molecular weight is 473 g/mol. The van der Waals surface area contributed by atoms with E-state index in [0.717, 1.165) is 12.1 Å². The zero-order valence-corrected chi connectivity index (χ0v) is 18.4. The van der Waals surface area contributed by atoms with Crippen LogP contribution in [0.4, 0.5) is 19.0 Å². The van der Waals surface area contributed by atoms with Gasteiger partial charge in [0.1, 0.15) is 17.1 Å². The monoisotopic (exact) mass is 473 g/mol. The molecule has 11 heteroatoms. The molecule has 3 heterocycles. The normalized spacial score (nSPS) is 14.1. The second-order valence-corrected chi connectivity index (χ2v) is 8.10. The number of carbonyl (C=O) groups is 2. The van der Waals surface area contributed by atoms with E-state index < -0.39 is 23.8 Å². The van der Waals surface area contributed by atoms with Crippen LogP contribution >= 0.6 is 0 Å². The highest BCUT2D eigenvalue weighted by Crippen LogP contribution is 2.33. The van der Waals surface area contributed by atoms with Crippen LogP contribution in [0, 0.1) is 6.92 Å². The van der Waals surface area contributed by atoms with Crippen LogP contribution in [0.25, 0.3) is 0 Å². The lowest BCUT2D eigenvalue weighted by Crippen LogP contribution is -2.29.